The van der Waals surface area contributed by atoms with E-state index in [1.54, 1.807) is 4.31 Å². The lowest BCUT2D eigenvalue weighted by Gasteiger charge is -2.35. The Hall–Kier alpha value is -0.0800. The molecule has 0 aliphatic carbocycles. The van der Waals surface area contributed by atoms with E-state index in [0.29, 0.717) is 28.6 Å². The Morgan fingerprint density at radius 3 is 2.81 bits per heavy atom. The molecule has 21 heavy (non-hydrogen) atoms. The van der Waals surface area contributed by atoms with E-state index < -0.39 is 10.0 Å². The first kappa shape index (κ1) is 17.3. The molecule has 2 unspecified atom stereocenters. The number of sulfonamides is 1. The predicted molar refractivity (Wildman–Crippen MR) is 91.6 cm³/mol. The Balaban J connectivity index is 2.16. The van der Waals surface area contributed by atoms with Crippen LogP contribution < -0.4 is 5.32 Å². The number of nitrogens with one attached hydrogen (secondary N) is 1. The van der Waals surface area contributed by atoms with Gasteiger partial charge in [-0.2, -0.15) is 16.1 Å². The van der Waals surface area contributed by atoms with Gasteiger partial charge in [-0.05, 0) is 23.9 Å². The molecule has 1 aliphatic rings. The maximum absolute atomic E-state index is 12.8. The fraction of sp³-hybridized carbons (Fsp3) is 0.714. The van der Waals surface area contributed by atoms with Crippen molar-refractivity contribution >= 4 is 33.1 Å². The lowest BCUT2D eigenvalue weighted by atomic mass is 10.2. The fourth-order valence-corrected chi connectivity index (χ4v) is 6.60. The minimum Gasteiger partial charge on any atom is -0.310 e. The Labute approximate surface area is 136 Å². The molecule has 2 atom stereocenters. The smallest absolute Gasteiger partial charge is 0.252 e. The molecule has 1 aromatic rings. The molecule has 0 aromatic carbocycles. The van der Waals surface area contributed by atoms with Gasteiger partial charge in [0.15, 0.2) is 0 Å². The standard InChI is InChI=1S/C14H24N2O2S3/c1-10(2)15-8-13-7-14(20-9-13)21(17,18)16-5-6-19-12(4)11(16)3/h7,9-12,15H,5-6,8H2,1-4H3. The second-order valence-corrected chi connectivity index (χ2v) is 10.3. The zero-order valence-corrected chi connectivity index (χ0v) is 15.4. The molecule has 0 amide bonds. The molecule has 1 fully saturated rings. The summed E-state index contributed by atoms with van der Waals surface area (Å²) in [6, 6.07) is 2.26. The maximum atomic E-state index is 12.8. The van der Waals surface area contributed by atoms with Crippen LogP contribution in [0.3, 0.4) is 0 Å². The van der Waals surface area contributed by atoms with Crippen LogP contribution in [0.25, 0.3) is 0 Å². The molecule has 7 heteroatoms. The summed E-state index contributed by atoms with van der Waals surface area (Å²) in [6.07, 6.45) is 0. The van der Waals surface area contributed by atoms with Gasteiger partial charge in [-0.3, -0.25) is 0 Å². The SMILES string of the molecule is CC(C)NCc1csc(S(=O)(=O)N2CCSC(C)C2C)c1. The van der Waals surface area contributed by atoms with Gasteiger partial charge in [0.2, 0.25) is 0 Å². The number of hydrogen-bond acceptors (Lipinski definition) is 5. The first-order chi connectivity index (χ1) is 9.82. The molecule has 2 rings (SSSR count). The van der Waals surface area contributed by atoms with Crippen LogP contribution in [0.4, 0.5) is 0 Å². The Bertz CT molecular complexity index is 569. The summed E-state index contributed by atoms with van der Waals surface area (Å²) < 4.78 is 27.7. The number of thioether (sulfide) groups is 1. The minimum absolute atomic E-state index is 0.0492. The highest BCUT2D eigenvalue weighted by molar-refractivity contribution is 8.00. The van der Waals surface area contributed by atoms with Gasteiger partial charge >= 0.3 is 0 Å². The molecule has 1 aliphatic heterocycles. The molecule has 120 valence electrons. The monoisotopic (exact) mass is 348 g/mol. The molecule has 1 N–H and O–H groups in total. The van der Waals surface area contributed by atoms with Gasteiger partial charge in [-0.15, -0.1) is 11.3 Å². The lowest BCUT2D eigenvalue weighted by Crippen LogP contribution is -2.47. The highest BCUT2D eigenvalue weighted by atomic mass is 32.2. The summed E-state index contributed by atoms with van der Waals surface area (Å²) >= 11 is 3.17. The van der Waals surface area contributed by atoms with Crippen LogP contribution in [0.2, 0.25) is 0 Å². The maximum Gasteiger partial charge on any atom is 0.252 e. The van der Waals surface area contributed by atoms with E-state index in [1.807, 2.05) is 30.1 Å². The lowest BCUT2D eigenvalue weighted by molar-refractivity contribution is 0.341. The van der Waals surface area contributed by atoms with Crippen LogP contribution >= 0.6 is 23.1 Å². The Morgan fingerprint density at radius 1 is 1.43 bits per heavy atom. The van der Waals surface area contributed by atoms with Crippen molar-refractivity contribution < 1.29 is 8.42 Å². The van der Waals surface area contributed by atoms with Gasteiger partial charge in [-0.1, -0.05) is 20.8 Å². The predicted octanol–water partition coefficient (Wildman–Crippen LogP) is 2.76. The van der Waals surface area contributed by atoms with E-state index in [-0.39, 0.29) is 6.04 Å². The van der Waals surface area contributed by atoms with Gasteiger partial charge in [0.1, 0.15) is 4.21 Å². The van der Waals surface area contributed by atoms with E-state index in [4.69, 9.17) is 0 Å². The van der Waals surface area contributed by atoms with Gasteiger partial charge in [0, 0.05) is 36.2 Å². The van der Waals surface area contributed by atoms with Crippen molar-refractivity contribution in [1.82, 2.24) is 9.62 Å². The number of rotatable bonds is 5. The number of thiophene rings is 1. The molecule has 1 aromatic heterocycles. The summed E-state index contributed by atoms with van der Waals surface area (Å²) in [5, 5.41) is 5.60. The summed E-state index contributed by atoms with van der Waals surface area (Å²) in [4.78, 5) is 0. The van der Waals surface area contributed by atoms with Crippen LogP contribution in [0.5, 0.6) is 0 Å². The third-order valence-corrected chi connectivity index (χ3v) is 8.52. The highest BCUT2D eigenvalue weighted by Gasteiger charge is 2.35. The first-order valence-corrected chi connectivity index (χ1v) is 10.6. The van der Waals surface area contributed by atoms with Crippen molar-refractivity contribution in [2.24, 2.45) is 0 Å². The zero-order valence-electron chi connectivity index (χ0n) is 13.0. The molecule has 0 spiro atoms. The minimum atomic E-state index is -3.35. The van der Waals surface area contributed by atoms with Crippen molar-refractivity contribution in [2.45, 2.75) is 55.8 Å². The molecule has 0 radical (unpaired) electrons. The third-order valence-electron chi connectivity index (χ3n) is 3.73. The van der Waals surface area contributed by atoms with Crippen molar-refractivity contribution in [2.75, 3.05) is 12.3 Å². The normalized spacial score (nSPS) is 24.6. The molecule has 1 saturated heterocycles. The molecular formula is C14H24N2O2S3. The quantitative estimate of drug-likeness (QED) is 0.889. The van der Waals surface area contributed by atoms with E-state index >= 15 is 0 Å². The Kier molecular flexibility index (Phi) is 5.76. The molecule has 0 saturated carbocycles. The third kappa shape index (κ3) is 4.01. The zero-order chi connectivity index (χ0) is 15.6. The van der Waals surface area contributed by atoms with Crippen molar-refractivity contribution in [1.29, 1.82) is 0 Å². The van der Waals surface area contributed by atoms with E-state index in [9.17, 15) is 8.42 Å². The van der Waals surface area contributed by atoms with E-state index in [2.05, 4.69) is 26.1 Å². The van der Waals surface area contributed by atoms with E-state index in [1.165, 1.54) is 11.3 Å². The van der Waals surface area contributed by atoms with Crippen molar-refractivity contribution in [3.63, 3.8) is 0 Å². The van der Waals surface area contributed by atoms with Gasteiger partial charge in [0.25, 0.3) is 10.0 Å². The van der Waals surface area contributed by atoms with Crippen molar-refractivity contribution in [3.8, 4) is 0 Å². The fourth-order valence-electron chi connectivity index (χ4n) is 2.26. The van der Waals surface area contributed by atoms with Crippen LogP contribution in [0, 0.1) is 0 Å². The summed E-state index contributed by atoms with van der Waals surface area (Å²) in [5.74, 6) is 0.873. The van der Waals surface area contributed by atoms with Gasteiger partial charge in [-0.25, -0.2) is 8.42 Å². The number of nitrogens with zero attached hydrogens (tertiary/aromatic N) is 1. The topological polar surface area (TPSA) is 49.4 Å². The first-order valence-electron chi connectivity index (χ1n) is 7.26. The molecule has 2 heterocycles. The van der Waals surface area contributed by atoms with Gasteiger partial charge < -0.3 is 5.32 Å². The van der Waals surface area contributed by atoms with Crippen LogP contribution in [0.15, 0.2) is 15.7 Å². The Morgan fingerprint density at radius 2 is 2.14 bits per heavy atom. The molecule has 0 bridgehead atoms. The number of hydrogen-bond donors (Lipinski definition) is 1. The molecule has 4 nitrogen and oxygen atoms in total. The summed E-state index contributed by atoms with van der Waals surface area (Å²) in [5.41, 5.74) is 1.04. The van der Waals surface area contributed by atoms with E-state index in [0.717, 1.165) is 11.3 Å². The van der Waals surface area contributed by atoms with Crippen molar-refractivity contribution in [3.05, 3.63) is 17.0 Å². The average molecular weight is 349 g/mol. The van der Waals surface area contributed by atoms with Crippen LogP contribution in [0.1, 0.15) is 33.3 Å². The van der Waals surface area contributed by atoms with Gasteiger partial charge in [0.05, 0.1) is 0 Å². The van der Waals surface area contributed by atoms with Crippen LogP contribution in [-0.4, -0.2) is 42.4 Å². The second-order valence-electron chi connectivity index (χ2n) is 5.74. The summed E-state index contributed by atoms with van der Waals surface area (Å²) in [7, 11) is -3.35. The average Bonchev–Trinajstić information content (AvgIpc) is 2.89. The summed E-state index contributed by atoms with van der Waals surface area (Å²) in [6.45, 7) is 9.59. The highest BCUT2D eigenvalue weighted by Crippen LogP contribution is 2.31. The second kappa shape index (κ2) is 7.00. The van der Waals surface area contributed by atoms with Crippen LogP contribution in [-0.2, 0) is 16.6 Å². The largest absolute Gasteiger partial charge is 0.310 e. The molecular weight excluding hydrogens is 324 g/mol.